The molecule has 0 radical (unpaired) electrons. The highest BCUT2D eigenvalue weighted by Crippen LogP contribution is 2.21. The number of esters is 2. The molecule has 0 unspecified atom stereocenters. The number of nitrogens with one attached hydrogen (secondary N) is 1. The van der Waals surface area contributed by atoms with E-state index in [2.05, 4.69) is 14.8 Å². The van der Waals surface area contributed by atoms with Crippen molar-refractivity contribution in [1.82, 2.24) is 5.32 Å². The van der Waals surface area contributed by atoms with Crippen LogP contribution >= 0.6 is 0 Å². The van der Waals surface area contributed by atoms with Gasteiger partial charge in [-0.05, 0) is 31.2 Å². The summed E-state index contributed by atoms with van der Waals surface area (Å²) in [7, 11) is 4.00. The molecule has 1 atom stereocenters. The average Bonchev–Trinajstić information content (AvgIpc) is 2.75. The van der Waals surface area contributed by atoms with E-state index in [1.54, 1.807) is 20.1 Å². The van der Waals surface area contributed by atoms with Crippen LogP contribution in [0.1, 0.15) is 33.2 Å². The summed E-state index contributed by atoms with van der Waals surface area (Å²) >= 11 is 0. The minimum atomic E-state index is -0.886. The van der Waals surface area contributed by atoms with E-state index in [4.69, 9.17) is 9.47 Å². The molecular formula is C21H23NO7. The van der Waals surface area contributed by atoms with Gasteiger partial charge in [0.2, 0.25) is 0 Å². The van der Waals surface area contributed by atoms with Gasteiger partial charge in [0, 0.05) is 12.1 Å². The number of rotatable bonds is 8. The summed E-state index contributed by atoms with van der Waals surface area (Å²) < 4.78 is 20.3. The lowest BCUT2D eigenvalue weighted by Gasteiger charge is -2.16. The number of carbonyl (C=O) groups excluding carboxylic acids is 3. The highest BCUT2D eigenvalue weighted by atomic mass is 16.5. The Balaban J connectivity index is 2.12. The molecule has 0 bridgehead atoms. The maximum atomic E-state index is 12.4. The molecule has 0 fully saturated rings. The first-order chi connectivity index (χ1) is 13.9. The van der Waals surface area contributed by atoms with Gasteiger partial charge in [0.05, 0.1) is 32.5 Å². The lowest BCUT2D eigenvalue weighted by Crippen LogP contribution is -2.36. The molecule has 1 N–H and O–H groups in total. The maximum absolute atomic E-state index is 12.4. The van der Waals surface area contributed by atoms with E-state index in [9.17, 15) is 14.4 Å². The predicted molar refractivity (Wildman–Crippen MR) is 104 cm³/mol. The maximum Gasteiger partial charge on any atom is 0.338 e. The zero-order valence-electron chi connectivity index (χ0n) is 16.7. The molecule has 0 aliphatic heterocycles. The van der Waals surface area contributed by atoms with E-state index in [0.29, 0.717) is 5.75 Å². The quantitative estimate of drug-likeness (QED) is 0.678. The van der Waals surface area contributed by atoms with Gasteiger partial charge in [-0.1, -0.05) is 18.2 Å². The molecule has 29 heavy (non-hydrogen) atoms. The molecule has 2 rings (SSSR count). The molecular weight excluding hydrogens is 378 g/mol. The van der Waals surface area contributed by atoms with Gasteiger partial charge in [0.25, 0.3) is 5.91 Å². The first-order valence-electron chi connectivity index (χ1n) is 8.77. The molecule has 1 amide bonds. The topological polar surface area (TPSA) is 100 Å². The number of methoxy groups -OCH3 is 3. The summed E-state index contributed by atoms with van der Waals surface area (Å²) in [4.78, 5) is 36.1. The summed E-state index contributed by atoms with van der Waals surface area (Å²) in [5, 5.41) is 2.76. The zero-order valence-corrected chi connectivity index (χ0v) is 16.7. The van der Waals surface area contributed by atoms with Crippen LogP contribution in [0.4, 0.5) is 0 Å². The number of hydrogen-bond acceptors (Lipinski definition) is 7. The number of amides is 1. The molecule has 2 aromatic rings. The Labute approximate surface area is 168 Å². The Morgan fingerprint density at radius 2 is 1.52 bits per heavy atom. The lowest BCUT2D eigenvalue weighted by atomic mass is 10.1. The Morgan fingerprint density at radius 3 is 2.07 bits per heavy atom. The van der Waals surface area contributed by atoms with Crippen molar-refractivity contribution in [3.63, 3.8) is 0 Å². The van der Waals surface area contributed by atoms with Crippen molar-refractivity contribution in [2.24, 2.45) is 0 Å². The van der Waals surface area contributed by atoms with E-state index >= 15 is 0 Å². The van der Waals surface area contributed by atoms with E-state index in [0.717, 1.165) is 5.56 Å². The van der Waals surface area contributed by atoms with Gasteiger partial charge in [-0.2, -0.15) is 0 Å². The average molecular weight is 401 g/mol. The zero-order chi connectivity index (χ0) is 21.4. The molecule has 0 aliphatic rings. The largest absolute Gasteiger partial charge is 0.496 e. The molecule has 0 saturated heterocycles. The van der Waals surface area contributed by atoms with Crippen LogP contribution in [0, 0.1) is 0 Å². The van der Waals surface area contributed by atoms with Crippen LogP contribution in [0.3, 0.4) is 0 Å². The van der Waals surface area contributed by atoms with Crippen LogP contribution in [0.25, 0.3) is 0 Å². The van der Waals surface area contributed by atoms with Crippen molar-refractivity contribution in [1.29, 1.82) is 0 Å². The molecule has 0 spiro atoms. The lowest BCUT2D eigenvalue weighted by molar-refractivity contribution is -0.127. The third-order valence-electron chi connectivity index (χ3n) is 4.08. The van der Waals surface area contributed by atoms with Crippen LogP contribution in [0.15, 0.2) is 42.5 Å². The Bertz CT molecular complexity index is 860. The third-order valence-corrected chi connectivity index (χ3v) is 4.08. The fourth-order valence-corrected chi connectivity index (χ4v) is 2.57. The number of para-hydroxylation sites is 1. The summed E-state index contributed by atoms with van der Waals surface area (Å²) in [6, 6.07) is 11.4. The Morgan fingerprint density at radius 1 is 0.931 bits per heavy atom. The smallest absolute Gasteiger partial charge is 0.338 e. The minimum absolute atomic E-state index is 0.104. The van der Waals surface area contributed by atoms with Gasteiger partial charge in [-0.15, -0.1) is 0 Å². The molecule has 0 aliphatic carbocycles. The van der Waals surface area contributed by atoms with Crippen molar-refractivity contribution in [2.75, 3.05) is 21.3 Å². The summed E-state index contributed by atoms with van der Waals surface area (Å²) in [6.45, 7) is 1.81. The molecule has 0 heterocycles. The molecule has 0 aromatic heterocycles. The van der Waals surface area contributed by atoms with Crippen LogP contribution in [0.2, 0.25) is 0 Å². The fraction of sp³-hybridized carbons (Fsp3) is 0.286. The number of hydrogen-bond donors (Lipinski definition) is 1. The van der Waals surface area contributed by atoms with E-state index in [1.165, 1.54) is 32.4 Å². The second-order valence-corrected chi connectivity index (χ2v) is 6.02. The van der Waals surface area contributed by atoms with E-state index < -0.39 is 18.0 Å². The number of carbonyl (C=O) groups is 3. The highest BCUT2D eigenvalue weighted by molar-refractivity contribution is 5.96. The normalized spacial score (nSPS) is 11.2. The van der Waals surface area contributed by atoms with Gasteiger partial charge in [0.15, 0.2) is 6.10 Å². The molecule has 8 heteroatoms. The van der Waals surface area contributed by atoms with Crippen molar-refractivity contribution < 1.29 is 33.3 Å². The number of benzene rings is 2. The van der Waals surface area contributed by atoms with E-state index in [-0.39, 0.29) is 29.3 Å². The Kier molecular flexibility index (Phi) is 7.59. The van der Waals surface area contributed by atoms with Crippen LogP contribution in [0.5, 0.6) is 11.5 Å². The molecule has 0 saturated carbocycles. The van der Waals surface area contributed by atoms with Crippen molar-refractivity contribution in [3.05, 3.63) is 59.2 Å². The Hall–Kier alpha value is -3.55. The summed E-state index contributed by atoms with van der Waals surface area (Å²) in [6.07, 6.45) is -0.886. The SMILES string of the molecule is COC(=O)c1cc(O[C@@H](C)C(=O)NCc2ccccc2OC)cc(C(=O)OC)c1. The van der Waals surface area contributed by atoms with Gasteiger partial charge in [-0.3, -0.25) is 4.79 Å². The minimum Gasteiger partial charge on any atom is -0.496 e. The second-order valence-electron chi connectivity index (χ2n) is 6.02. The standard InChI is InChI=1S/C21H23NO7/c1-13(19(23)22-12-14-7-5-6-8-18(14)26-2)29-17-10-15(20(24)27-3)9-16(11-17)21(25)28-4/h5-11,13H,12H2,1-4H3,(H,22,23)/t13-/m0/s1. The monoisotopic (exact) mass is 401 g/mol. The summed E-state index contributed by atoms with van der Waals surface area (Å²) in [5.74, 6) is -0.843. The highest BCUT2D eigenvalue weighted by Gasteiger charge is 2.19. The van der Waals surface area contributed by atoms with Crippen LogP contribution in [-0.4, -0.2) is 45.3 Å². The van der Waals surface area contributed by atoms with Crippen LogP contribution in [-0.2, 0) is 20.8 Å². The van der Waals surface area contributed by atoms with E-state index in [1.807, 2.05) is 18.2 Å². The molecule has 8 nitrogen and oxygen atoms in total. The predicted octanol–water partition coefficient (Wildman–Crippen LogP) is 2.35. The number of ether oxygens (including phenoxy) is 4. The first kappa shape index (κ1) is 21.7. The van der Waals surface area contributed by atoms with Gasteiger partial charge >= 0.3 is 11.9 Å². The fourth-order valence-electron chi connectivity index (χ4n) is 2.57. The molecule has 154 valence electrons. The van der Waals surface area contributed by atoms with Crippen molar-refractivity contribution >= 4 is 17.8 Å². The van der Waals surface area contributed by atoms with Crippen molar-refractivity contribution in [2.45, 2.75) is 19.6 Å². The molecule has 2 aromatic carbocycles. The first-order valence-corrected chi connectivity index (χ1v) is 8.77. The summed E-state index contributed by atoms with van der Waals surface area (Å²) in [5.41, 5.74) is 1.02. The van der Waals surface area contributed by atoms with Crippen molar-refractivity contribution in [3.8, 4) is 11.5 Å². The second kappa shape index (κ2) is 10.1. The van der Waals surface area contributed by atoms with Gasteiger partial charge in [0.1, 0.15) is 11.5 Å². The van der Waals surface area contributed by atoms with Crippen LogP contribution < -0.4 is 14.8 Å². The van der Waals surface area contributed by atoms with Gasteiger partial charge in [-0.25, -0.2) is 9.59 Å². The van der Waals surface area contributed by atoms with Gasteiger partial charge < -0.3 is 24.3 Å². The third kappa shape index (κ3) is 5.71.